The molecule has 0 radical (unpaired) electrons. The first-order valence-corrected chi connectivity index (χ1v) is 12.4. The van der Waals surface area contributed by atoms with E-state index in [0.29, 0.717) is 11.1 Å². The Morgan fingerprint density at radius 3 is 2.33 bits per heavy atom. The highest BCUT2D eigenvalue weighted by molar-refractivity contribution is 6.24. The minimum absolute atomic E-state index is 0.0265. The van der Waals surface area contributed by atoms with Crippen LogP contribution in [0.2, 0.25) is 0 Å². The van der Waals surface area contributed by atoms with Gasteiger partial charge in [-0.15, -0.1) is 0 Å². The number of aromatic nitrogens is 1. The number of hydrogen-bond donors (Lipinski definition) is 5. The Balaban J connectivity index is 1.69. The van der Waals surface area contributed by atoms with Crippen LogP contribution in [0.15, 0.2) is 53.1 Å². The SMILES string of the molecule is CN(C)c1ccc(-c2ccc(O)c3c2C[C@H]2C[C@H]4C(N(C)C)C(O)=C(C(N)=O)C(=O)[C@@]4(O)C(O)=C2C3=O)cn1. The fourth-order valence-electron chi connectivity index (χ4n) is 6.33. The molecule has 0 aliphatic heterocycles. The van der Waals surface area contributed by atoms with E-state index in [1.54, 1.807) is 26.4 Å². The van der Waals surface area contributed by atoms with Gasteiger partial charge in [-0.1, -0.05) is 6.07 Å². The van der Waals surface area contributed by atoms with Crippen LogP contribution in [0.25, 0.3) is 11.1 Å². The zero-order valence-corrected chi connectivity index (χ0v) is 22.0. The third-order valence-corrected chi connectivity index (χ3v) is 8.12. The van der Waals surface area contributed by atoms with E-state index in [9.17, 15) is 34.8 Å². The number of phenolic OH excluding ortho intramolecular Hbond substituents is 1. The molecule has 204 valence electrons. The number of allylic oxidation sites excluding steroid dienone is 1. The lowest BCUT2D eigenvalue weighted by Crippen LogP contribution is -2.63. The predicted molar refractivity (Wildman–Crippen MR) is 141 cm³/mol. The minimum atomic E-state index is -2.66. The number of anilines is 1. The topological polar surface area (TPSA) is 178 Å². The molecule has 5 rings (SSSR count). The predicted octanol–water partition coefficient (Wildman–Crippen LogP) is 1.25. The first kappa shape index (κ1) is 26.4. The number of likely N-dealkylation sites (N-methyl/N-ethyl adjacent to an activating group) is 1. The summed E-state index contributed by atoms with van der Waals surface area (Å²) in [6.45, 7) is 0. The van der Waals surface area contributed by atoms with Gasteiger partial charge in [0.25, 0.3) is 5.91 Å². The van der Waals surface area contributed by atoms with Crippen molar-refractivity contribution in [2.24, 2.45) is 17.6 Å². The second kappa shape index (κ2) is 8.92. The van der Waals surface area contributed by atoms with Crippen molar-refractivity contribution in [3.8, 4) is 16.9 Å². The van der Waals surface area contributed by atoms with E-state index in [0.717, 1.165) is 11.4 Å². The van der Waals surface area contributed by atoms with Crippen LogP contribution < -0.4 is 10.6 Å². The number of aliphatic hydroxyl groups excluding tert-OH is 2. The van der Waals surface area contributed by atoms with Crippen molar-refractivity contribution in [2.75, 3.05) is 33.1 Å². The van der Waals surface area contributed by atoms with Crippen molar-refractivity contribution >= 4 is 23.3 Å². The van der Waals surface area contributed by atoms with Crippen molar-refractivity contribution in [1.29, 1.82) is 0 Å². The van der Waals surface area contributed by atoms with Crippen LogP contribution >= 0.6 is 0 Å². The third kappa shape index (κ3) is 3.64. The number of carbonyl (C=O) groups excluding carboxylic acids is 3. The number of fused-ring (bicyclic) bond motifs is 3. The number of benzene rings is 1. The third-order valence-electron chi connectivity index (χ3n) is 8.12. The average Bonchev–Trinajstić information content (AvgIpc) is 2.86. The molecule has 0 saturated heterocycles. The van der Waals surface area contributed by atoms with E-state index in [4.69, 9.17) is 5.73 Å². The molecular weight excluding hydrogens is 504 g/mol. The molecule has 3 aliphatic carbocycles. The zero-order valence-electron chi connectivity index (χ0n) is 22.0. The summed E-state index contributed by atoms with van der Waals surface area (Å²) in [5.74, 6) is -6.02. The van der Waals surface area contributed by atoms with Crippen molar-refractivity contribution in [3.63, 3.8) is 0 Å². The lowest BCUT2D eigenvalue weighted by molar-refractivity contribution is -0.148. The highest BCUT2D eigenvalue weighted by Crippen LogP contribution is 2.53. The highest BCUT2D eigenvalue weighted by Gasteiger charge is 2.63. The monoisotopic (exact) mass is 534 g/mol. The van der Waals surface area contributed by atoms with Crippen molar-refractivity contribution in [3.05, 3.63) is 64.3 Å². The van der Waals surface area contributed by atoms with Gasteiger partial charge in [0.15, 0.2) is 11.4 Å². The molecule has 2 aromatic rings. The number of pyridine rings is 1. The maximum absolute atomic E-state index is 13.8. The highest BCUT2D eigenvalue weighted by atomic mass is 16.3. The second-order valence-corrected chi connectivity index (χ2v) is 10.7. The van der Waals surface area contributed by atoms with Crippen LogP contribution in [-0.4, -0.2) is 87.6 Å². The average molecular weight is 535 g/mol. The van der Waals surface area contributed by atoms with Gasteiger partial charge in [-0.3, -0.25) is 19.3 Å². The van der Waals surface area contributed by atoms with Crippen LogP contribution in [0.5, 0.6) is 5.75 Å². The lowest BCUT2D eigenvalue weighted by atomic mass is 9.58. The quantitative estimate of drug-likeness (QED) is 0.359. The number of ketones is 2. The summed E-state index contributed by atoms with van der Waals surface area (Å²) in [4.78, 5) is 47.1. The molecule has 0 bridgehead atoms. The number of carbonyl (C=O) groups is 3. The summed E-state index contributed by atoms with van der Waals surface area (Å²) in [6, 6.07) is 5.73. The van der Waals surface area contributed by atoms with E-state index >= 15 is 0 Å². The molecule has 1 heterocycles. The summed E-state index contributed by atoms with van der Waals surface area (Å²) in [5, 5.41) is 44.7. The van der Waals surface area contributed by atoms with E-state index in [-0.39, 0.29) is 29.7 Å². The molecule has 4 atom stereocenters. The molecule has 1 amide bonds. The Labute approximate surface area is 224 Å². The van der Waals surface area contributed by atoms with Gasteiger partial charge in [-0.25, -0.2) is 4.98 Å². The lowest BCUT2D eigenvalue weighted by Gasteiger charge is -2.50. The minimum Gasteiger partial charge on any atom is -0.510 e. The maximum atomic E-state index is 13.8. The first-order chi connectivity index (χ1) is 18.3. The smallest absolute Gasteiger partial charge is 0.255 e. The molecule has 1 unspecified atom stereocenters. The number of aliphatic hydroxyl groups is 3. The summed E-state index contributed by atoms with van der Waals surface area (Å²) in [7, 11) is 6.91. The Kier molecular flexibility index (Phi) is 6.04. The fraction of sp³-hybridized carbons (Fsp3) is 0.357. The van der Waals surface area contributed by atoms with Crippen molar-refractivity contribution < 1.29 is 34.8 Å². The number of hydrogen-bond acceptors (Lipinski definition) is 10. The second-order valence-electron chi connectivity index (χ2n) is 10.7. The van der Waals surface area contributed by atoms with Gasteiger partial charge in [0.1, 0.15) is 28.7 Å². The van der Waals surface area contributed by atoms with E-state index in [1.165, 1.54) is 11.0 Å². The summed E-state index contributed by atoms with van der Waals surface area (Å²) in [6.07, 6.45) is 1.90. The van der Waals surface area contributed by atoms with Gasteiger partial charge in [0.2, 0.25) is 5.78 Å². The van der Waals surface area contributed by atoms with E-state index in [1.807, 2.05) is 31.1 Å². The van der Waals surface area contributed by atoms with Gasteiger partial charge in [-0.2, -0.15) is 0 Å². The molecule has 0 saturated carbocycles. The molecule has 39 heavy (non-hydrogen) atoms. The van der Waals surface area contributed by atoms with E-state index < -0.39 is 58.0 Å². The maximum Gasteiger partial charge on any atom is 0.255 e. The molecule has 6 N–H and O–H groups in total. The first-order valence-electron chi connectivity index (χ1n) is 12.4. The molecule has 0 spiro atoms. The Morgan fingerprint density at radius 1 is 1.08 bits per heavy atom. The van der Waals surface area contributed by atoms with Crippen molar-refractivity contribution in [1.82, 2.24) is 9.88 Å². The van der Waals surface area contributed by atoms with Gasteiger partial charge >= 0.3 is 0 Å². The Bertz CT molecular complexity index is 1490. The molecule has 0 fully saturated rings. The number of phenols is 1. The van der Waals surface area contributed by atoms with Crippen LogP contribution in [0.3, 0.4) is 0 Å². The molecule has 3 aliphatic rings. The normalized spacial score (nSPS) is 26.4. The van der Waals surface area contributed by atoms with E-state index in [2.05, 4.69) is 4.98 Å². The van der Waals surface area contributed by atoms with Crippen LogP contribution in [0.1, 0.15) is 22.3 Å². The van der Waals surface area contributed by atoms with Crippen LogP contribution in [-0.2, 0) is 16.0 Å². The van der Waals surface area contributed by atoms with Gasteiger partial charge < -0.3 is 31.1 Å². The number of primary amides is 1. The van der Waals surface area contributed by atoms with Gasteiger partial charge in [0, 0.05) is 37.3 Å². The number of nitrogens with two attached hydrogens (primary N) is 1. The van der Waals surface area contributed by atoms with Gasteiger partial charge in [0.05, 0.1) is 11.6 Å². The number of nitrogens with zero attached hydrogens (tertiary/aromatic N) is 3. The molecule has 11 nitrogen and oxygen atoms in total. The summed E-state index contributed by atoms with van der Waals surface area (Å²) >= 11 is 0. The number of amides is 1. The summed E-state index contributed by atoms with van der Waals surface area (Å²) < 4.78 is 0. The fourth-order valence-corrected chi connectivity index (χ4v) is 6.33. The Hall–Kier alpha value is -4.22. The Morgan fingerprint density at radius 2 is 1.77 bits per heavy atom. The van der Waals surface area contributed by atoms with Gasteiger partial charge in [-0.05, 0) is 62.2 Å². The number of aromatic hydroxyl groups is 1. The zero-order chi connectivity index (χ0) is 28.5. The summed E-state index contributed by atoms with van der Waals surface area (Å²) in [5.41, 5.74) is 3.59. The standard InChI is InChI=1S/C28H30N4O7/c1-31(2)18-8-5-12(11-30-18)14-6-7-17(33)20-15(14)9-13-10-16-22(32(3)4)24(35)21(27(29)38)26(37)28(16,39)25(36)19(13)23(20)34/h5-8,11,13,16,22,33,35-36,39H,9-10H2,1-4H3,(H2,29,38)/t13-,16-,22?,28-/m0/s1. The molecule has 1 aromatic heterocycles. The molecule has 11 heteroatoms. The number of Topliss-reactive ketones (excluding diaryl/α,β-unsaturated/α-hetero) is 2. The molecule has 1 aromatic carbocycles. The molecular formula is C28H30N4O7. The van der Waals surface area contributed by atoms with Crippen LogP contribution in [0.4, 0.5) is 5.82 Å². The number of rotatable bonds is 4. The largest absolute Gasteiger partial charge is 0.510 e. The van der Waals surface area contributed by atoms with Crippen LogP contribution in [0, 0.1) is 11.8 Å². The van der Waals surface area contributed by atoms with Crippen molar-refractivity contribution in [2.45, 2.75) is 24.5 Å².